The van der Waals surface area contributed by atoms with E-state index in [1.165, 1.54) is 21.7 Å². The summed E-state index contributed by atoms with van der Waals surface area (Å²) in [6.45, 7) is 9.75. The van der Waals surface area contributed by atoms with Gasteiger partial charge in [-0.05, 0) is 15.4 Å². The van der Waals surface area contributed by atoms with E-state index >= 15 is 0 Å². The normalized spacial score (nSPS) is 17.3. The number of likely N-dealkylation sites (tertiary alicyclic amines) is 1. The van der Waals surface area contributed by atoms with Crippen LogP contribution in [0.4, 0.5) is 5.13 Å². The molecule has 1 amide bonds. The maximum absolute atomic E-state index is 12.7. The highest BCUT2D eigenvalue weighted by Crippen LogP contribution is 2.39. The van der Waals surface area contributed by atoms with Crippen molar-refractivity contribution in [2.45, 2.75) is 38.0 Å². The van der Waals surface area contributed by atoms with Crippen LogP contribution in [0.2, 0.25) is 5.04 Å². The van der Waals surface area contributed by atoms with Crippen LogP contribution in [-0.4, -0.2) is 69.6 Å². The van der Waals surface area contributed by atoms with Crippen molar-refractivity contribution < 1.29 is 14.0 Å². The molecule has 2 aliphatic heterocycles. The number of nitrogens with zero attached hydrogens (tertiary/aromatic N) is 3. The number of methoxy groups -OCH3 is 1. The number of benzene rings is 2. The molecular formula is C27H33N3O3SSi. The van der Waals surface area contributed by atoms with Gasteiger partial charge in [0.05, 0.1) is 12.2 Å². The van der Waals surface area contributed by atoms with E-state index in [9.17, 15) is 4.79 Å². The number of amides is 1. The standard InChI is InChI=1S/C27H33N3O3SSi/c1-27(2,3)35(22-11-7-5-8-12-22,23-13-9-6-10-14-23)33-21-17-30(18-21)26-28-24(19-34-26)25(31)29-15-20(16-29)32-4/h5-14,19-21H,15-18H2,1-4H3. The lowest BCUT2D eigenvalue weighted by molar-refractivity contribution is -0.0194. The minimum atomic E-state index is -2.56. The number of hydrogen-bond acceptors (Lipinski definition) is 6. The number of rotatable bonds is 7. The minimum absolute atomic E-state index is 0.0126. The van der Waals surface area contributed by atoms with Gasteiger partial charge in [0, 0.05) is 38.7 Å². The summed E-state index contributed by atoms with van der Waals surface area (Å²) in [4.78, 5) is 21.3. The number of carbonyl (C=O) groups is 1. The molecular weight excluding hydrogens is 474 g/mol. The van der Waals surface area contributed by atoms with E-state index in [1.807, 2.05) is 5.38 Å². The molecule has 3 aromatic rings. The van der Waals surface area contributed by atoms with Crippen LogP contribution in [0.25, 0.3) is 0 Å². The second-order valence-corrected chi connectivity index (χ2v) is 15.5. The second-order valence-electron chi connectivity index (χ2n) is 10.4. The predicted molar refractivity (Wildman–Crippen MR) is 144 cm³/mol. The highest BCUT2D eigenvalue weighted by atomic mass is 32.1. The van der Waals surface area contributed by atoms with Crippen LogP contribution in [0.1, 0.15) is 31.3 Å². The summed E-state index contributed by atoms with van der Waals surface area (Å²) in [7, 11) is -0.881. The van der Waals surface area contributed by atoms with Gasteiger partial charge in [-0.3, -0.25) is 4.79 Å². The summed E-state index contributed by atoms with van der Waals surface area (Å²) in [5.74, 6) is -0.0126. The molecule has 0 unspecified atom stereocenters. The number of ether oxygens (including phenoxy) is 1. The summed E-state index contributed by atoms with van der Waals surface area (Å²) in [5.41, 5.74) is 0.524. The van der Waals surface area contributed by atoms with Crippen molar-refractivity contribution in [2.75, 3.05) is 38.2 Å². The fourth-order valence-corrected chi connectivity index (χ4v) is 10.5. The molecule has 2 aromatic carbocycles. The molecule has 1 aromatic heterocycles. The Kier molecular flexibility index (Phi) is 6.56. The maximum atomic E-state index is 12.7. The monoisotopic (exact) mass is 507 g/mol. The lowest BCUT2D eigenvalue weighted by Gasteiger charge is -2.49. The second kappa shape index (κ2) is 9.50. The van der Waals surface area contributed by atoms with Gasteiger partial charge in [-0.2, -0.15) is 0 Å². The minimum Gasteiger partial charge on any atom is -0.401 e. The van der Waals surface area contributed by atoms with E-state index < -0.39 is 8.32 Å². The fourth-order valence-electron chi connectivity index (χ4n) is 5.03. The molecule has 0 spiro atoms. The number of aromatic nitrogens is 1. The van der Waals surface area contributed by atoms with Crippen molar-refractivity contribution in [3.63, 3.8) is 0 Å². The molecule has 0 atom stereocenters. The van der Waals surface area contributed by atoms with E-state index in [-0.39, 0.29) is 23.2 Å². The first-order chi connectivity index (χ1) is 16.8. The van der Waals surface area contributed by atoms with E-state index in [0.717, 1.165) is 18.2 Å². The Morgan fingerprint density at radius 3 is 2.03 bits per heavy atom. The average molecular weight is 508 g/mol. The zero-order chi connectivity index (χ0) is 24.6. The van der Waals surface area contributed by atoms with Crippen LogP contribution in [-0.2, 0) is 9.16 Å². The third-order valence-electron chi connectivity index (χ3n) is 7.06. The molecule has 0 radical (unpaired) electrons. The summed E-state index contributed by atoms with van der Waals surface area (Å²) in [5, 5.41) is 5.30. The van der Waals surface area contributed by atoms with Crippen molar-refractivity contribution in [1.29, 1.82) is 0 Å². The van der Waals surface area contributed by atoms with Gasteiger partial charge in [-0.15, -0.1) is 11.3 Å². The van der Waals surface area contributed by atoms with Gasteiger partial charge < -0.3 is 19.0 Å². The lowest BCUT2D eigenvalue weighted by Crippen LogP contribution is -2.70. The van der Waals surface area contributed by atoms with Crippen LogP contribution in [0.5, 0.6) is 0 Å². The molecule has 2 saturated heterocycles. The molecule has 5 rings (SSSR count). The molecule has 0 saturated carbocycles. The van der Waals surface area contributed by atoms with Gasteiger partial charge in [0.15, 0.2) is 5.13 Å². The smallest absolute Gasteiger partial charge is 0.273 e. The van der Waals surface area contributed by atoms with E-state index in [1.54, 1.807) is 12.0 Å². The van der Waals surface area contributed by atoms with Gasteiger partial charge >= 0.3 is 0 Å². The maximum Gasteiger partial charge on any atom is 0.273 e. The first-order valence-corrected chi connectivity index (χ1v) is 14.9. The van der Waals surface area contributed by atoms with Gasteiger partial charge in [0.1, 0.15) is 5.69 Å². The van der Waals surface area contributed by atoms with Crippen LogP contribution >= 0.6 is 11.3 Å². The summed E-state index contributed by atoms with van der Waals surface area (Å²) in [6, 6.07) is 21.5. The zero-order valence-corrected chi connectivity index (χ0v) is 22.6. The molecule has 0 N–H and O–H groups in total. The molecule has 184 valence electrons. The number of anilines is 1. The Bertz CT molecular complexity index is 1110. The first kappa shape index (κ1) is 24.2. The third kappa shape index (κ3) is 4.44. The van der Waals surface area contributed by atoms with E-state index in [0.29, 0.717) is 18.8 Å². The van der Waals surface area contributed by atoms with Gasteiger partial charge in [-0.25, -0.2) is 4.98 Å². The number of thiazole rings is 1. The highest BCUT2D eigenvalue weighted by molar-refractivity contribution is 7.14. The molecule has 2 fully saturated rings. The fraction of sp³-hybridized carbons (Fsp3) is 0.407. The molecule has 35 heavy (non-hydrogen) atoms. The van der Waals surface area contributed by atoms with Crippen molar-refractivity contribution in [1.82, 2.24) is 9.88 Å². The van der Waals surface area contributed by atoms with Crippen molar-refractivity contribution in [2.24, 2.45) is 0 Å². The highest BCUT2D eigenvalue weighted by Gasteiger charge is 2.52. The summed E-state index contributed by atoms with van der Waals surface area (Å²) in [6.07, 6.45) is 0.258. The first-order valence-electron chi connectivity index (χ1n) is 12.1. The SMILES string of the molecule is COC1CN(C(=O)c2csc(N3CC(O[Si](c4ccccc4)(c4ccccc4)C(C)(C)C)C3)n2)C1. The third-order valence-corrected chi connectivity index (χ3v) is 13.1. The Hall–Kier alpha value is -2.52. The van der Waals surface area contributed by atoms with Crippen LogP contribution in [0.3, 0.4) is 0 Å². The van der Waals surface area contributed by atoms with Gasteiger partial charge in [-0.1, -0.05) is 81.4 Å². The molecule has 8 heteroatoms. The number of hydrogen-bond donors (Lipinski definition) is 0. The van der Waals surface area contributed by atoms with E-state index in [4.69, 9.17) is 9.16 Å². The molecule has 6 nitrogen and oxygen atoms in total. The quantitative estimate of drug-likeness (QED) is 0.459. The summed E-state index contributed by atoms with van der Waals surface area (Å²) < 4.78 is 12.5. The zero-order valence-electron chi connectivity index (χ0n) is 20.8. The number of carbonyl (C=O) groups excluding carboxylic acids is 1. The molecule has 3 heterocycles. The van der Waals surface area contributed by atoms with Crippen LogP contribution in [0, 0.1) is 0 Å². The van der Waals surface area contributed by atoms with Crippen molar-refractivity contribution >= 4 is 41.1 Å². The lowest BCUT2D eigenvalue weighted by atomic mass is 10.1. The Balaban J connectivity index is 1.33. The van der Waals surface area contributed by atoms with Crippen LogP contribution < -0.4 is 15.3 Å². The topological polar surface area (TPSA) is 54.9 Å². The van der Waals surface area contributed by atoms with Crippen LogP contribution in [0.15, 0.2) is 66.0 Å². The average Bonchev–Trinajstić information content (AvgIpc) is 3.28. The molecule has 0 aliphatic carbocycles. The Morgan fingerprint density at radius 1 is 0.943 bits per heavy atom. The van der Waals surface area contributed by atoms with Gasteiger partial charge in [0.2, 0.25) is 0 Å². The van der Waals surface area contributed by atoms with Gasteiger partial charge in [0.25, 0.3) is 14.2 Å². The van der Waals surface area contributed by atoms with Crippen molar-refractivity contribution in [3.05, 3.63) is 71.7 Å². The van der Waals surface area contributed by atoms with Crippen molar-refractivity contribution in [3.8, 4) is 0 Å². The predicted octanol–water partition coefficient (Wildman–Crippen LogP) is 3.38. The molecule has 0 bridgehead atoms. The molecule has 2 aliphatic rings. The summed E-state index contributed by atoms with van der Waals surface area (Å²) >= 11 is 1.53. The Morgan fingerprint density at radius 2 is 1.51 bits per heavy atom. The Labute approximate surface area is 212 Å². The largest absolute Gasteiger partial charge is 0.401 e. The van der Waals surface area contributed by atoms with E-state index in [2.05, 4.69) is 91.3 Å².